The first-order chi connectivity index (χ1) is 18.3. The Bertz CT molecular complexity index is 930. The lowest BCUT2D eigenvalue weighted by atomic mass is 9.80. The molecule has 3 aliphatic rings. The van der Waals surface area contributed by atoms with Crippen molar-refractivity contribution in [1.29, 1.82) is 0 Å². The van der Waals surface area contributed by atoms with Crippen LogP contribution in [0.25, 0.3) is 0 Å². The Morgan fingerprint density at radius 1 is 0.923 bits per heavy atom. The summed E-state index contributed by atoms with van der Waals surface area (Å²) in [5, 5.41) is 8.44. The number of nitrogens with two attached hydrogens (primary N) is 1. The van der Waals surface area contributed by atoms with Gasteiger partial charge in [0.2, 0.25) is 17.6 Å². The third kappa shape index (κ3) is 8.71. The molecular weight excluding hydrogens is 545 g/mol. The summed E-state index contributed by atoms with van der Waals surface area (Å²) in [5.74, 6) is -3.12. The first-order valence-corrected chi connectivity index (χ1v) is 15.0. The molecule has 4 atom stereocenters. The fourth-order valence-corrected chi connectivity index (χ4v) is 6.19. The molecule has 1 aliphatic heterocycles. The molecule has 3 rings (SSSR count). The number of likely N-dealkylation sites (tertiary alicyclic amines) is 1. The van der Waals surface area contributed by atoms with Crippen molar-refractivity contribution in [2.45, 2.75) is 113 Å². The normalized spacial score (nSPS) is 24.0. The minimum atomic E-state index is -1.11. The highest BCUT2D eigenvalue weighted by molar-refractivity contribution is 6.44. The van der Waals surface area contributed by atoms with Crippen LogP contribution in [-0.2, 0) is 19.2 Å². The van der Waals surface area contributed by atoms with Crippen LogP contribution in [0.2, 0.25) is 0 Å². The maximum absolute atomic E-state index is 14.1. The summed E-state index contributed by atoms with van der Waals surface area (Å²) in [6, 6.07) is -3.29. The molecule has 10 nitrogen and oxygen atoms in total. The van der Waals surface area contributed by atoms with Gasteiger partial charge in [-0.25, -0.2) is 4.79 Å². The van der Waals surface area contributed by atoms with E-state index in [1.165, 1.54) is 4.90 Å². The topological polar surface area (TPSA) is 151 Å². The number of ketones is 1. The minimum absolute atomic E-state index is 0.0784. The van der Waals surface area contributed by atoms with Gasteiger partial charge in [-0.2, -0.15) is 0 Å². The molecule has 5 amide bonds. The quantitative estimate of drug-likeness (QED) is 0.229. The molecule has 220 valence electrons. The van der Waals surface area contributed by atoms with Crippen LogP contribution in [0, 0.1) is 17.8 Å². The zero-order chi connectivity index (χ0) is 28.9. The highest BCUT2D eigenvalue weighted by Gasteiger charge is 2.46. The third-order valence-electron chi connectivity index (χ3n) is 8.11. The number of nitrogens with zero attached hydrogens (tertiary/aromatic N) is 1. The maximum atomic E-state index is 14.1. The van der Waals surface area contributed by atoms with Crippen LogP contribution < -0.4 is 21.7 Å². The number of carbonyl (C=O) groups is 5. The summed E-state index contributed by atoms with van der Waals surface area (Å²) >= 11 is 12.4. The molecular formula is C27H43Cl2N5O5. The second-order valence-corrected chi connectivity index (χ2v) is 13.5. The highest BCUT2D eigenvalue weighted by Crippen LogP contribution is 2.35. The number of hydrogen-bond acceptors (Lipinski definition) is 5. The zero-order valence-corrected chi connectivity index (χ0v) is 24.7. The van der Waals surface area contributed by atoms with Gasteiger partial charge in [0.1, 0.15) is 16.9 Å². The van der Waals surface area contributed by atoms with Crippen LogP contribution in [-0.4, -0.2) is 69.5 Å². The lowest BCUT2D eigenvalue weighted by Gasteiger charge is -2.36. The number of halogens is 2. The molecule has 1 heterocycles. The predicted octanol–water partition coefficient (Wildman–Crippen LogP) is 2.78. The molecule has 5 N–H and O–H groups in total. The van der Waals surface area contributed by atoms with Crippen LogP contribution in [0.15, 0.2) is 0 Å². The number of alkyl halides is 2. The van der Waals surface area contributed by atoms with Crippen LogP contribution in [0.1, 0.15) is 85.0 Å². The first kappa shape index (κ1) is 31.5. The molecule has 2 saturated carbocycles. The predicted molar refractivity (Wildman–Crippen MR) is 149 cm³/mol. The molecule has 12 heteroatoms. The van der Waals surface area contributed by atoms with Gasteiger partial charge in [0.05, 0.1) is 6.04 Å². The van der Waals surface area contributed by atoms with E-state index in [9.17, 15) is 24.0 Å². The highest BCUT2D eigenvalue weighted by atomic mass is 35.5. The number of carbonyl (C=O) groups excluding carboxylic acids is 5. The number of Topliss-reactive ketones (excluding diaryl/α,β-unsaturated/α-hetero) is 1. The summed E-state index contributed by atoms with van der Waals surface area (Å²) in [6.45, 7) is 5.69. The van der Waals surface area contributed by atoms with Gasteiger partial charge in [-0.05, 0) is 58.3 Å². The molecule has 1 unspecified atom stereocenters. The second kappa shape index (κ2) is 13.5. The summed E-state index contributed by atoms with van der Waals surface area (Å²) < 4.78 is 0. The lowest BCUT2D eigenvalue weighted by Crippen LogP contribution is -2.60. The summed E-state index contributed by atoms with van der Waals surface area (Å²) in [4.78, 5) is 65.3. The van der Waals surface area contributed by atoms with Gasteiger partial charge in [0.15, 0.2) is 0 Å². The largest absolute Gasteiger partial charge is 0.363 e. The van der Waals surface area contributed by atoms with Gasteiger partial charge in [0.25, 0.3) is 5.91 Å². The van der Waals surface area contributed by atoms with Gasteiger partial charge < -0.3 is 26.6 Å². The van der Waals surface area contributed by atoms with Crippen molar-refractivity contribution in [3.8, 4) is 0 Å². The van der Waals surface area contributed by atoms with Crippen molar-refractivity contribution < 1.29 is 24.0 Å². The fraction of sp³-hybridized carbons (Fsp3) is 0.815. The average Bonchev–Trinajstić information content (AvgIpc) is 3.28. The number of nitrogens with one attached hydrogen (secondary N) is 3. The molecule has 0 aromatic rings. The van der Waals surface area contributed by atoms with E-state index >= 15 is 0 Å². The van der Waals surface area contributed by atoms with Crippen molar-refractivity contribution in [1.82, 2.24) is 20.9 Å². The SMILES string of the molecule is CC(C)(C)NC(=O)N[C@H](C(=O)N1C[C@H](C(Cl)Cl)C[C@H]1C(=O)NC(CC1CCC1)C(=O)C(N)=O)C1CCCCC1. The van der Waals surface area contributed by atoms with E-state index < -0.39 is 52.1 Å². The van der Waals surface area contributed by atoms with E-state index in [1.807, 2.05) is 20.8 Å². The van der Waals surface area contributed by atoms with E-state index in [4.69, 9.17) is 28.9 Å². The van der Waals surface area contributed by atoms with Crippen molar-refractivity contribution in [3.63, 3.8) is 0 Å². The van der Waals surface area contributed by atoms with Crippen LogP contribution in [0.4, 0.5) is 4.79 Å². The number of primary amides is 1. The maximum Gasteiger partial charge on any atom is 0.315 e. The van der Waals surface area contributed by atoms with Gasteiger partial charge >= 0.3 is 6.03 Å². The van der Waals surface area contributed by atoms with Gasteiger partial charge in [-0.15, -0.1) is 23.2 Å². The standard InChI is InChI=1S/C27H43Cl2N5O5/c1-27(2,3)33-26(39)32-20(16-10-5-4-6-11-16)25(38)34-14-17(22(28)29)13-19(34)24(37)31-18(21(35)23(30)36)12-15-8-7-9-15/h15-20,22H,4-14H2,1-3H3,(H2,30,36)(H,31,37)(H2,32,33,39)/t17-,18?,19+,20+/m1/s1. The first-order valence-electron chi connectivity index (χ1n) is 14.1. The number of rotatable bonds is 10. The van der Waals surface area contributed by atoms with Crippen molar-refractivity contribution >= 4 is 52.7 Å². The summed E-state index contributed by atoms with van der Waals surface area (Å²) in [7, 11) is 0. The summed E-state index contributed by atoms with van der Waals surface area (Å²) in [6.07, 6.45) is 7.92. The minimum Gasteiger partial charge on any atom is -0.363 e. The fourth-order valence-electron chi connectivity index (χ4n) is 5.82. The van der Waals surface area contributed by atoms with E-state index in [-0.39, 0.29) is 36.6 Å². The monoisotopic (exact) mass is 587 g/mol. The number of amides is 5. The van der Waals surface area contributed by atoms with E-state index in [2.05, 4.69) is 16.0 Å². The Hall–Kier alpha value is -2.07. The Labute approximate surface area is 240 Å². The van der Waals surface area contributed by atoms with E-state index in [1.54, 1.807) is 0 Å². The number of hydrogen-bond donors (Lipinski definition) is 4. The molecule has 3 fully saturated rings. The van der Waals surface area contributed by atoms with E-state index in [0.29, 0.717) is 6.42 Å². The van der Waals surface area contributed by atoms with Crippen LogP contribution >= 0.6 is 23.2 Å². The third-order valence-corrected chi connectivity index (χ3v) is 8.82. The van der Waals surface area contributed by atoms with Crippen molar-refractivity contribution in [2.75, 3.05) is 6.54 Å². The molecule has 0 aromatic heterocycles. The Morgan fingerprint density at radius 3 is 2.08 bits per heavy atom. The Morgan fingerprint density at radius 2 is 1.56 bits per heavy atom. The molecule has 0 bridgehead atoms. The summed E-state index contributed by atoms with van der Waals surface area (Å²) in [5.41, 5.74) is 4.76. The van der Waals surface area contributed by atoms with Gasteiger partial charge in [-0.1, -0.05) is 38.5 Å². The smallest absolute Gasteiger partial charge is 0.315 e. The molecule has 0 radical (unpaired) electrons. The van der Waals surface area contributed by atoms with Gasteiger partial charge in [-0.3, -0.25) is 19.2 Å². The molecule has 39 heavy (non-hydrogen) atoms. The van der Waals surface area contributed by atoms with E-state index in [0.717, 1.165) is 51.4 Å². The Balaban J connectivity index is 1.83. The second-order valence-electron chi connectivity index (χ2n) is 12.4. The van der Waals surface area contributed by atoms with Crippen molar-refractivity contribution in [2.24, 2.45) is 23.5 Å². The average molecular weight is 589 g/mol. The zero-order valence-electron chi connectivity index (χ0n) is 23.1. The van der Waals surface area contributed by atoms with Crippen LogP contribution in [0.3, 0.4) is 0 Å². The van der Waals surface area contributed by atoms with Crippen molar-refractivity contribution in [3.05, 3.63) is 0 Å². The van der Waals surface area contributed by atoms with Gasteiger partial charge in [0, 0.05) is 18.0 Å². The molecule has 1 saturated heterocycles. The Kier molecular flexibility index (Phi) is 10.9. The lowest BCUT2D eigenvalue weighted by molar-refractivity contribution is -0.143. The number of urea groups is 1. The molecule has 0 spiro atoms. The molecule has 0 aromatic carbocycles. The van der Waals surface area contributed by atoms with Crippen LogP contribution in [0.5, 0.6) is 0 Å². The molecule has 2 aliphatic carbocycles.